The van der Waals surface area contributed by atoms with Gasteiger partial charge in [-0.1, -0.05) is 6.07 Å². The lowest BCUT2D eigenvalue weighted by Crippen LogP contribution is -2.05. The fourth-order valence-electron chi connectivity index (χ4n) is 2.41. The number of thiophene rings is 1. The molecular weight excluding hydrogens is 306 g/mol. The van der Waals surface area contributed by atoms with Crippen molar-refractivity contribution in [3.05, 3.63) is 65.6 Å². The second kappa shape index (κ2) is 5.48. The molecular formula is C17H15N5S. The highest BCUT2D eigenvalue weighted by Gasteiger charge is 2.10. The van der Waals surface area contributed by atoms with Crippen molar-refractivity contribution in [1.82, 2.24) is 24.5 Å². The van der Waals surface area contributed by atoms with Crippen molar-refractivity contribution in [2.45, 2.75) is 13.8 Å². The van der Waals surface area contributed by atoms with Crippen molar-refractivity contribution in [2.75, 3.05) is 0 Å². The molecule has 4 heterocycles. The first-order valence-electron chi connectivity index (χ1n) is 7.30. The molecule has 4 aromatic heterocycles. The van der Waals surface area contributed by atoms with Crippen molar-refractivity contribution in [1.29, 1.82) is 0 Å². The summed E-state index contributed by atoms with van der Waals surface area (Å²) in [6.45, 7) is 3.94. The van der Waals surface area contributed by atoms with Crippen molar-refractivity contribution < 1.29 is 0 Å². The van der Waals surface area contributed by atoms with E-state index in [-0.39, 0.29) is 0 Å². The van der Waals surface area contributed by atoms with Gasteiger partial charge in [0.05, 0.1) is 11.4 Å². The van der Waals surface area contributed by atoms with Crippen molar-refractivity contribution >= 4 is 11.3 Å². The van der Waals surface area contributed by atoms with E-state index in [0.29, 0.717) is 0 Å². The molecule has 5 nitrogen and oxygen atoms in total. The van der Waals surface area contributed by atoms with Crippen LogP contribution in [0.4, 0.5) is 0 Å². The van der Waals surface area contributed by atoms with Crippen LogP contribution >= 0.6 is 11.3 Å². The van der Waals surface area contributed by atoms with Crippen LogP contribution < -0.4 is 0 Å². The van der Waals surface area contributed by atoms with Gasteiger partial charge in [-0.05, 0) is 55.1 Å². The van der Waals surface area contributed by atoms with Crippen LogP contribution in [-0.2, 0) is 0 Å². The minimum absolute atomic E-state index is 0.784. The zero-order valence-corrected chi connectivity index (χ0v) is 13.7. The number of hydrogen-bond acceptors (Lipinski definition) is 4. The predicted molar refractivity (Wildman–Crippen MR) is 91.3 cm³/mol. The van der Waals surface area contributed by atoms with Crippen molar-refractivity contribution in [3.8, 4) is 22.1 Å². The Labute approximate surface area is 137 Å². The molecule has 0 N–H and O–H groups in total. The molecule has 4 rings (SSSR count). The van der Waals surface area contributed by atoms with Crippen LogP contribution in [-0.4, -0.2) is 24.5 Å². The number of nitrogens with zero attached hydrogens (tertiary/aromatic N) is 5. The average Bonchev–Trinajstić information content (AvgIpc) is 3.28. The van der Waals surface area contributed by atoms with Gasteiger partial charge in [0.15, 0.2) is 11.6 Å². The Hall–Kier alpha value is -2.73. The molecule has 0 aliphatic carbocycles. The minimum atomic E-state index is 0.784. The van der Waals surface area contributed by atoms with E-state index in [4.69, 9.17) is 4.98 Å². The van der Waals surface area contributed by atoms with Gasteiger partial charge in [0, 0.05) is 17.3 Å². The molecule has 0 saturated heterocycles. The van der Waals surface area contributed by atoms with Gasteiger partial charge in [0.1, 0.15) is 0 Å². The van der Waals surface area contributed by atoms with Gasteiger partial charge in [-0.3, -0.25) is 0 Å². The summed E-state index contributed by atoms with van der Waals surface area (Å²) >= 11 is 1.71. The first kappa shape index (κ1) is 13.9. The lowest BCUT2D eigenvalue weighted by molar-refractivity contribution is 0.792. The van der Waals surface area contributed by atoms with E-state index >= 15 is 0 Å². The van der Waals surface area contributed by atoms with Gasteiger partial charge in [-0.2, -0.15) is 10.2 Å². The Morgan fingerprint density at radius 1 is 0.870 bits per heavy atom. The molecule has 23 heavy (non-hydrogen) atoms. The van der Waals surface area contributed by atoms with Gasteiger partial charge in [0.2, 0.25) is 0 Å². The number of hydrogen-bond donors (Lipinski definition) is 0. The third-order valence-corrected chi connectivity index (χ3v) is 4.44. The molecule has 0 aliphatic rings. The molecule has 0 radical (unpaired) electrons. The summed E-state index contributed by atoms with van der Waals surface area (Å²) in [5, 5.41) is 11.0. The molecule has 0 atom stereocenters. The predicted octanol–water partition coefficient (Wildman–Crippen LogP) is 3.80. The van der Waals surface area contributed by atoms with Crippen LogP contribution in [0.25, 0.3) is 22.1 Å². The van der Waals surface area contributed by atoms with E-state index in [1.54, 1.807) is 20.7 Å². The maximum absolute atomic E-state index is 4.72. The van der Waals surface area contributed by atoms with E-state index < -0.39 is 0 Å². The van der Waals surface area contributed by atoms with E-state index in [9.17, 15) is 0 Å². The van der Waals surface area contributed by atoms with Crippen LogP contribution in [0.3, 0.4) is 0 Å². The standard InChI is InChI=1S/C17H15N5S/c1-12-5-7-21(19-12)16-10-14(15-4-3-9-23-15)11-17(18-16)22-8-6-13(2)20-22/h3-11H,1-2H3. The van der Waals surface area contributed by atoms with E-state index in [0.717, 1.165) is 28.6 Å². The lowest BCUT2D eigenvalue weighted by atomic mass is 10.2. The molecule has 6 heteroatoms. The van der Waals surface area contributed by atoms with Crippen LogP contribution in [0, 0.1) is 13.8 Å². The average molecular weight is 321 g/mol. The van der Waals surface area contributed by atoms with Crippen LogP contribution in [0.2, 0.25) is 0 Å². The summed E-state index contributed by atoms with van der Waals surface area (Å²) in [5.41, 5.74) is 3.04. The molecule has 0 aliphatic heterocycles. The lowest BCUT2D eigenvalue weighted by Gasteiger charge is -2.08. The van der Waals surface area contributed by atoms with Crippen LogP contribution in [0.15, 0.2) is 54.2 Å². The number of pyridine rings is 1. The summed E-state index contributed by atoms with van der Waals surface area (Å²) in [6.07, 6.45) is 3.85. The summed E-state index contributed by atoms with van der Waals surface area (Å²) in [4.78, 5) is 5.91. The third kappa shape index (κ3) is 2.68. The maximum atomic E-state index is 4.72. The van der Waals surface area contributed by atoms with Gasteiger partial charge >= 0.3 is 0 Å². The Bertz CT molecular complexity index is 891. The molecule has 0 unspecified atom stereocenters. The highest BCUT2D eigenvalue weighted by Crippen LogP contribution is 2.27. The summed E-state index contributed by atoms with van der Waals surface area (Å²) in [6, 6.07) is 12.2. The monoisotopic (exact) mass is 321 g/mol. The third-order valence-electron chi connectivity index (χ3n) is 3.52. The molecule has 4 aromatic rings. The Balaban J connectivity index is 1.90. The Morgan fingerprint density at radius 2 is 1.48 bits per heavy atom. The molecule has 0 aromatic carbocycles. The Morgan fingerprint density at radius 3 is 1.91 bits per heavy atom. The van der Waals surface area contributed by atoms with E-state index in [1.807, 2.05) is 38.4 Å². The van der Waals surface area contributed by atoms with Crippen LogP contribution in [0.1, 0.15) is 11.4 Å². The zero-order valence-electron chi connectivity index (χ0n) is 12.8. The van der Waals surface area contributed by atoms with Gasteiger partial charge in [-0.15, -0.1) is 11.3 Å². The van der Waals surface area contributed by atoms with Crippen LogP contribution in [0.5, 0.6) is 0 Å². The van der Waals surface area contributed by atoms with Gasteiger partial charge < -0.3 is 0 Å². The number of aromatic nitrogens is 5. The van der Waals surface area contributed by atoms with Crippen molar-refractivity contribution in [2.24, 2.45) is 0 Å². The SMILES string of the molecule is Cc1ccn(-c2cc(-c3cccs3)cc(-n3ccc(C)n3)n2)n1. The van der Waals surface area contributed by atoms with Crippen molar-refractivity contribution in [3.63, 3.8) is 0 Å². The Kier molecular flexibility index (Phi) is 3.31. The molecule has 0 saturated carbocycles. The summed E-state index contributed by atoms with van der Waals surface area (Å²) in [5.74, 6) is 1.57. The van der Waals surface area contributed by atoms with Gasteiger partial charge in [0.25, 0.3) is 0 Å². The second-order valence-corrected chi connectivity index (χ2v) is 6.30. The number of aryl methyl sites for hydroxylation is 2. The first-order chi connectivity index (χ1) is 11.2. The smallest absolute Gasteiger partial charge is 0.156 e. The van der Waals surface area contributed by atoms with E-state index in [1.165, 1.54) is 4.88 Å². The fraction of sp³-hybridized carbons (Fsp3) is 0.118. The topological polar surface area (TPSA) is 48.5 Å². The highest BCUT2D eigenvalue weighted by atomic mass is 32.1. The quantitative estimate of drug-likeness (QED) is 0.577. The fourth-order valence-corrected chi connectivity index (χ4v) is 3.12. The second-order valence-electron chi connectivity index (χ2n) is 5.35. The first-order valence-corrected chi connectivity index (χ1v) is 8.18. The normalized spacial score (nSPS) is 11.0. The zero-order chi connectivity index (χ0) is 15.8. The molecule has 0 spiro atoms. The largest absolute Gasteiger partial charge is 0.222 e. The molecule has 0 amide bonds. The highest BCUT2D eigenvalue weighted by molar-refractivity contribution is 7.13. The molecule has 0 fully saturated rings. The van der Waals surface area contributed by atoms with E-state index in [2.05, 4.69) is 39.8 Å². The summed E-state index contributed by atoms with van der Waals surface area (Å²) < 4.78 is 3.60. The molecule has 0 bridgehead atoms. The number of rotatable bonds is 3. The maximum Gasteiger partial charge on any atom is 0.156 e. The summed E-state index contributed by atoms with van der Waals surface area (Å²) in [7, 11) is 0. The molecule has 114 valence electrons. The van der Waals surface area contributed by atoms with Gasteiger partial charge in [-0.25, -0.2) is 14.3 Å². The minimum Gasteiger partial charge on any atom is -0.222 e.